The van der Waals surface area contributed by atoms with Crippen LogP contribution in [0.15, 0.2) is 42.5 Å². The van der Waals surface area contributed by atoms with Crippen molar-refractivity contribution in [3.63, 3.8) is 0 Å². The number of hydrogen-bond donors (Lipinski definition) is 2. The maximum atomic E-state index is 13.0. The van der Waals surface area contributed by atoms with Gasteiger partial charge in [0.05, 0.1) is 38.5 Å². The summed E-state index contributed by atoms with van der Waals surface area (Å²) >= 11 is 0. The molecule has 4 rings (SSSR count). The number of aromatic nitrogens is 1. The highest BCUT2D eigenvalue weighted by molar-refractivity contribution is 6.08. The lowest BCUT2D eigenvalue weighted by Gasteiger charge is -2.15. The van der Waals surface area contributed by atoms with Gasteiger partial charge in [-0.15, -0.1) is 0 Å². The molecule has 1 atom stereocenters. The number of aromatic amines is 1. The number of nitrogens with one attached hydrogen (secondary N) is 2. The molecule has 0 spiro atoms. The summed E-state index contributed by atoms with van der Waals surface area (Å²) in [5, 5.41) is 2.91. The monoisotopic (exact) mass is 406 g/mol. The first-order chi connectivity index (χ1) is 14.5. The van der Waals surface area contributed by atoms with E-state index in [1.165, 1.54) is 7.11 Å². The maximum Gasteiger partial charge on any atom is 0.340 e. The molecule has 154 valence electrons. The summed E-state index contributed by atoms with van der Waals surface area (Å²) in [5.41, 5.74) is 4.53. The molecule has 0 fully saturated rings. The van der Waals surface area contributed by atoms with E-state index in [0.29, 0.717) is 34.0 Å². The summed E-state index contributed by atoms with van der Waals surface area (Å²) in [5.74, 6) is -0.208. The zero-order valence-corrected chi connectivity index (χ0v) is 17.2. The molecule has 2 aromatic carbocycles. The fraction of sp³-hybridized carbons (Fsp3) is 0.217. The lowest BCUT2D eigenvalue weighted by molar-refractivity contribution is -0.116. The largest absolute Gasteiger partial charge is 0.493 e. The van der Waals surface area contributed by atoms with Crippen LogP contribution < -0.4 is 14.8 Å². The van der Waals surface area contributed by atoms with Crippen molar-refractivity contribution in [3.05, 3.63) is 64.8 Å². The lowest BCUT2D eigenvalue weighted by atomic mass is 9.87. The summed E-state index contributed by atoms with van der Waals surface area (Å²) in [7, 11) is 4.46. The van der Waals surface area contributed by atoms with Gasteiger partial charge in [-0.1, -0.05) is 18.2 Å². The third kappa shape index (κ3) is 2.99. The molecule has 1 amide bonds. The Labute approximate surface area is 174 Å². The Morgan fingerprint density at radius 2 is 1.73 bits per heavy atom. The number of H-pyrrole nitrogens is 1. The zero-order valence-electron chi connectivity index (χ0n) is 17.2. The van der Waals surface area contributed by atoms with Crippen LogP contribution in [0.2, 0.25) is 0 Å². The van der Waals surface area contributed by atoms with E-state index in [1.807, 2.05) is 36.4 Å². The fourth-order valence-electron chi connectivity index (χ4n) is 4.01. The van der Waals surface area contributed by atoms with Crippen molar-refractivity contribution in [2.24, 2.45) is 0 Å². The van der Waals surface area contributed by atoms with Gasteiger partial charge in [0, 0.05) is 22.5 Å². The first-order valence-electron chi connectivity index (χ1n) is 9.43. The molecule has 30 heavy (non-hydrogen) atoms. The molecule has 0 aliphatic carbocycles. The number of carbonyl (C=O) groups excluding carboxylic acids is 2. The van der Waals surface area contributed by atoms with E-state index in [4.69, 9.17) is 14.2 Å². The Morgan fingerprint density at radius 1 is 1.00 bits per heavy atom. The Kier molecular flexibility index (Phi) is 4.95. The SMILES string of the molecule is COC(=O)c1c(C)[nH]c(-c2ccc(OC)c(OC)c2)c1[C@@H]1C(=O)Nc2ccccc21. The average molecular weight is 406 g/mol. The van der Waals surface area contributed by atoms with Gasteiger partial charge in [0.25, 0.3) is 0 Å². The van der Waals surface area contributed by atoms with Gasteiger partial charge in [0.2, 0.25) is 5.91 Å². The smallest absolute Gasteiger partial charge is 0.340 e. The van der Waals surface area contributed by atoms with Gasteiger partial charge in [-0.2, -0.15) is 0 Å². The highest BCUT2D eigenvalue weighted by atomic mass is 16.5. The fourth-order valence-corrected chi connectivity index (χ4v) is 4.01. The first-order valence-corrected chi connectivity index (χ1v) is 9.43. The number of benzene rings is 2. The Bertz CT molecular complexity index is 1150. The van der Waals surface area contributed by atoms with E-state index in [0.717, 1.165) is 16.8 Å². The molecule has 0 bridgehead atoms. The topological polar surface area (TPSA) is 89.7 Å². The van der Waals surface area contributed by atoms with Crippen molar-refractivity contribution in [3.8, 4) is 22.8 Å². The molecule has 0 unspecified atom stereocenters. The van der Waals surface area contributed by atoms with Crippen molar-refractivity contribution in [1.29, 1.82) is 0 Å². The second-order valence-corrected chi connectivity index (χ2v) is 6.98. The maximum absolute atomic E-state index is 13.0. The van der Waals surface area contributed by atoms with Crippen molar-refractivity contribution in [2.45, 2.75) is 12.8 Å². The normalized spacial score (nSPS) is 14.8. The molecule has 1 aliphatic heterocycles. The number of fused-ring (bicyclic) bond motifs is 1. The highest BCUT2D eigenvalue weighted by Crippen LogP contribution is 2.44. The highest BCUT2D eigenvalue weighted by Gasteiger charge is 2.38. The van der Waals surface area contributed by atoms with Gasteiger partial charge in [0.15, 0.2) is 11.5 Å². The van der Waals surface area contributed by atoms with Crippen molar-refractivity contribution in [2.75, 3.05) is 26.6 Å². The Hall–Kier alpha value is -3.74. The minimum Gasteiger partial charge on any atom is -0.493 e. The predicted molar refractivity (Wildman–Crippen MR) is 112 cm³/mol. The van der Waals surface area contributed by atoms with Gasteiger partial charge in [0.1, 0.15) is 0 Å². The third-order valence-electron chi connectivity index (χ3n) is 5.37. The number of amides is 1. The van der Waals surface area contributed by atoms with E-state index >= 15 is 0 Å². The molecule has 3 aromatic rings. The number of aryl methyl sites for hydroxylation is 1. The lowest BCUT2D eigenvalue weighted by Crippen LogP contribution is -2.17. The van der Waals surface area contributed by atoms with Gasteiger partial charge in [-0.05, 0) is 36.8 Å². The van der Waals surface area contributed by atoms with Crippen molar-refractivity contribution < 1.29 is 23.8 Å². The van der Waals surface area contributed by atoms with E-state index in [1.54, 1.807) is 27.2 Å². The third-order valence-corrected chi connectivity index (χ3v) is 5.37. The van der Waals surface area contributed by atoms with Crippen LogP contribution in [0.4, 0.5) is 5.69 Å². The number of anilines is 1. The van der Waals surface area contributed by atoms with Crippen LogP contribution in [-0.2, 0) is 9.53 Å². The minimum atomic E-state index is -0.650. The van der Waals surface area contributed by atoms with Crippen molar-refractivity contribution >= 4 is 17.6 Å². The van der Waals surface area contributed by atoms with E-state index in [-0.39, 0.29) is 5.91 Å². The second kappa shape index (κ2) is 7.59. The number of carbonyl (C=O) groups is 2. The molecule has 7 nitrogen and oxygen atoms in total. The average Bonchev–Trinajstić information content (AvgIpc) is 3.27. The van der Waals surface area contributed by atoms with Crippen LogP contribution in [0.3, 0.4) is 0 Å². The van der Waals surface area contributed by atoms with Gasteiger partial charge in [-0.3, -0.25) is 4.79 Å². The molecule has 2 heterocycles. The molecule has 0 saturated carbocycles. The van der Waals surface area contributed by atoms with Gasteiger partial charge in [-0.25, -0.2) is 4.79 Å². The Morgan fingerprint density at radius 3 is 2.43 bits per heavy atom. The van der Waals surface area contributed by atoms with E-state index in [9.17, 15) is 9.59 Å². The van der Waals surface area contributed by atoms with E-state index in [2.05, 4.69) is 10.3 Å². The van der Waals surface area contributed by atoms with Crippen LogP contribution in [0.5, 0.6) is 11.5 Å². The number of rotatable bonds is 5. The standard InChI is InChI=1S/C23H22N2O5/c1-12-18(23(27)30-4)20(19-14-7-5-6-8-15(14)25-22(19)26)21(24-12)13-9-10-16(28-2)17(11-13)29-3/h5-11,19,24H,1-4H3,(H,25,26)/t19-/m1/s1. The van der Waals surface area contributed by atoms with Crippen LogP contribution in [0.1, 0.15) is 33.1 Å². The summed E-state index contributed by atoms with van der Waals surface area (Å²) in [6.45, 7) is 1.79. The first kappa shape index (κ1) is 19.6. The van der Waals surface area contributed by atoms with Crippen LogP contribution in [0, 0.1) is 6.92 Å². The van der Waals surface area contributed by atoms with Gasteiger partial charge >= 0.3 is 5.97 Å². The molecular weight excluding hydrogens is 384 g/mol. The number of para-hydroxylation sites is 1. The molecule has 2 N–H and O–H groups in total. The van der Waals surface area contributed by atoms with E-state index < -0.39 is 11.9 Å². The number of ether oxygens (including phenoxy) is 3. The number of esters is 1. The molecule has 7 heteroatoms. The quantitative estimate of drug-likeness (QED) is 0.628. The van der Waals surface area contributed by atoms with Crippen LogP contribution in [0.25, 0.3) is 11.3 Å². The molecule has 1 aromatic heterocycles. The van der Waals surface area contributed by atoms with Crippen molar-refractivity contribution in [1.82, 2.24) is 4.98 Å². The Balaban J connectivity index is 1.98. The number of hydrogen-bond acceptors (Lipinski definition) is 5. The predicted octanol–water partition coefficient (Wildman–Crippen LogP) is 3.88. The van der Waals surface area contributed by atoms with Crippen LogP contribution in [-0.4, -0.2) is 38.2 Å². The second-order valence-electron chi connectivity index (χ2n) is 6.98. The molecule has 1 aliphatic rings. The summed E-state index contributed by atoms with van der Waals surface area (Å²) in [6, 6.07) is 12.9. The summed E-state index contributed by atoms with van der Waals surface area (Å²) in [4.78, 5) is 29.0. The summed E-state index contributed by atoms with van der Waals surface area (Å²) < 4.78 is 15.8. The minimum absolute atomic E-state index is 0.193. The summed E-state index contributed by atoms with van der Waals surface area (Å²) in [6.07, 6.45) is 0. The molecule has 0 saturated heterocycles. The van der Waals surface area contributed by atoms with Gasteiger partial charge < -0.3 is 24.5 Å². The zero-order chi connectivity index (χ0) is 21.4. The molecule has 0 radical (unpaired) electrons. The van der Waals surface area contributed by atoms with Crippen LogP contribution >= 0.6 is 0 Å². The number of methoxy groups -OCH3 is 3. The molecular formula is C23H22N2O5.